The van der Waals surface area contributed by atoms with E-state index in [4.69, 9.17) is 5.11 Å². The van der Waals surface area contributed by atoms with Crippen LogP contribution in [0.5, 0.6) is 0 Å². The van der Waals surface area contributed by atoms with Crippen LogP contribution in [0.4, 0.5) is 0 Å². The van der Waals surface area contributed by atoms with Crippen LogP contribution in [0.2, 0.25) is 0 Å². The fourth-order valence-corrected chi connectivity index (χ4v) is 0. The Kier molecular flexibility index (Phi) is 159. The maximum Gasteiger partial charge on any atom is 2.00 e. The minimum Gasteiger partial charge on any atom is -1.00 e. The average molecular weight is 182 g/mol. The third kappa shape index (κ3) is 66.1. The summed E-state index contributed by atoms with van der Waals surface area (Å²) >= 11 is 0. The predicted molar refractivity (Wildman–Crippen MR) is 12.8 cm³/mol. The second-order valence-corrected chi connectivity index (χ2v) is 0.316. The fraction of sp³-hybridized carbons (Fsp3) is 1.00. The van der Waals surface area contributed by atoms with Crippen LogP contribution in [0.25, 0.3) is 0 Å². The van der Waals surface area contributed by atoms with E-state index < -0.39 is 0 Å². The molecule has 0 aliphatic rings. The van der Waals surface area contributed by atoms with E-state index >= 15 is 0 Å². The summed E-state index contributed by atoms with van der Waals surface area (Å²) in [4.78, 5) is 0. The van der Waals surface area contributed by atoms with Crippen LogP contribution >= 0.6 is 0 Å². The Bertz CT molecular complexity index is 11.5. The van der Waals surface area contributed by atoms with Gasteiger partial charge in [0.2, 0.25) is 0 Å². The first-order chi connectivity index (χ1) is 1.41. The molecule has 0 saturated carbocycles. The number of hydrogen-bond acceptors (Lipinski definition) is 1. The number of hydrogen-bond donors (Lipinski definition) is 1. The quantitative estimate of drug-likeness (QED) is 0.370. The standard InChI is InChI=1S/C2H6O.2ClH.Zn/c1-2-3;;;/h3H,2H2,1H3;2*1H;/q;;;+2/p-2. The molecule has 0 bridgehead atoms. The van der Waals surface area contributed by atoms with Crippen molar-refractivity contribution < 1.29 is 49.4 Å². The second kappa shape index (κ2) is 35.1. The van der Waals surface area contributed by atoms with E-state index in [2.05, 4.69) is 0 Å². The van der Waals surface area contributed by atoms with Gasteiger partial charge in [0.1, 0.15) is 0 Å². The molecule has 0 fully saturated rings. The van der Waals surface area contributed by atoms with Crippen LogP contribution in [0, 0.1) is 0 Å². The molecule has 1 N–H and O–H groups in total. The van der Waals surface area contributed by atoms with Gasteiger partial charge >= 0.3 is 19.5 Å². The first kappa shape index (κ1) is 27.2. The molecule has 1 nitrogen and oxygen atoms in total. The van der Waals surface area contributed by atoms with Crippen LogP contribution in [-0.4, -0.2) is 11.7 Å². The van der Waals surface area contributed by atoms with Crippen molar-refractivity contribution in [1.29, 1.82) is 0 Å². The van der Waals surface area contributed by atoms with Crippen LogP contribution in [0.15, 0.2) is 0 Å². The zero-order chi connectivity index (χ0) is 2.71. The Morgan fingerprint density at radius 1 is 1.33 bits per heavy atom. The zero-order valence-corrected chi connectivity index (χ0v) is 8.10. The molecule has 4 heteroatoms. The minimum atomic E-state index is 0. The summed E-state index contributed by atoms with van der Waals surface area (Å²) in [5.41, 5.74) is 0. The molecule has 0 unspecified atom stereocenters. The molecular weight excluding hydrogens is 176 g/mol. The van der Waals surface area contributed by atoms with Gasteiger partial charge in [-0.25, -0.2) is 0 Å². The van der Waals surface area contributed by atoms with Gasteiger partial charge in [0.15, 0.2) is 0 Å². The van der Waals surface area contributed by atoms with E-state index in [0.717, 1.165) is 0 Å². The van der Waals surface area contributed by atoms with Crippen molar-refractivity contribution in [1.82, 2.24) is 0 Å². The molecule has 0 aromatic carbocycles. The third-order valence-corrected chi connectivity index (χ3v) is 0. The summed E-state index contributed by atoms with van der Waals surface area (Å²) in [7, 11) is 0. The molecule has 0 aliphatic carbocycles. The van der Waals surface area contributed by atoms with E-state index in [9.17, 15) is 0 Å². The van der Waals surface area contributed by atoms with Gasteiger partial charge in [-0.05, 0) is 6.92 Å². The van der Waals surface area contributed by atoms with Crippen molar-refractivity contribution in [3.8, 4) is 0 Å². The van der Waals surface area contributed by atoms with Crippen molar-refractivity contribution in [2.45, 2.75) is 6.92 Å². The molecule has 0 aliphatic heterocycles. The minimum absolute atomic E-state index is 0. The average Bonchev–Trinajstić information content (AvgIpc) is 0.918. The van der Waals surface area contributed by atoms with E-state index in [1.807, 2.05) is 0 Å². The molecule has 36 valence electrons. The van der Waals surface area contributed by atoms with E-state index in [1.54, 1.807) is 6.92 Å². The Hall–Kier alpha value is 1.16. The van der Waals surface area contributed by atoms with Crippen molar-refractivity contribution >= 4 is 0 Å². The van der Waals surface area contributed by atoms with Gasteiger partial charge in [0, 0.05) is 6.61 Å². The second-order valence-electron chi connectivity index (χ2n) is 0.316. The van der Waals surface area contributed by atoms with Crippen LogP contribution in [0.3, 0.4) is 0 Å². The molecular formula is C2H6Cl2OZn. The van der Waals surface area contributed by atoms with E-state index in [0.29, 0.717) is 0 Å². The maximum absolute atomic E-state index is 7.57. The van der Waals surface area contributed by atoms with Crippen molar-refractivity contribution in [3.63, 3.8) is 0 Å². The molecule has 0 amide bonds. The summed E-state index contributed by atoms with van der Waals surface area (Å²) in [6, 6.07) is 0. The van der Waals surface area contributed by atoms with Crippen molar-refractivity contribution in [3.05, 3.63) is 0 Å². The summed E-state index contributed by atoms with van der Waals surface area (Å²) in [6.45, 7) is 1.93. The molecule has 0 aromatic heterocycles. The van der Waals surface area contributed by atoms with Gasteiger partial charge in [0.25, 0.3) is 0 Å². The van der Waals surface area contributed by atoms with Gasteiger partial charge in [-0.2, -0.15) is 0 Å². The summed E-state index contributed by atoms with van der Waals surface area (Å²) in [5, 5.41) is 7.57. The Balaban J connectivity index is -0.00000000667. The predicted octanol–water partition coefficient (Wildman–Crippen LogP) is -6.00. The zero-order valence-electron chi connectivity index (χ0n) is 3.62. The number of aliphatic hydroxyl groups excluding tert-OH is 1. The molecule has 0 rings (SSSR count). The topological polar surface area (TPSA) is 20.2 Å². The van der Waals surface area contributed by atoms with Crippen LogP contribution < -0.4 is 24.8 Å². The molecule has 0 spiro atoms. The molecule has 6 heavy (non-hydrogen) atoms. The molecule has 0 aromatic rings. The number of rotatable bonds is 0. The van der Waals surface area contributed by atoms with Gasteiger partial charge in [-0.1, -0.05) is 0 Å². The van der Waals surface area contributed by atoms with E-state index in [-0.39, 0.29) is 50.9 Å². The third-order valence-electron chi connectivity index (χ3n) is 0. The van der Waals surface area contributed by atoms with Gasteiger partial charge in [-0.15, -0.1) is 0 Å². The molecule has 0 heterocycles. The Labute approximate surface area is 63.1 Å². The summed E-state index contributed by atoms with van der Waals surface area (Å²) in [5.74, 6) is 0. The fourth-order valence-electron chi connectivity index (χ4n) is 0. The normalized spacial score (nSPS) is 3.00. The Morgan fingerprint density at radius 3 is 1.33 bits per heavy atom. The molecule has 0 atom stereocenters. The summed E-state index contributed by atoms with van der Waals surface area (Å²) in [6.07, 6.45) is 0. The van der Waals surface area contributed by atoms with Crippen molar-refractivity contribution in [2.24, 2.45) is 0 Å². The first-order valence-corrected chi connectivity index (χ1v) is 1.02. The number of aliphatic hydroxyl groups is 1. The van der Waals surface area contributed by atoms with Gasteiger partial charge in [0.05, 0.1) is 0 Å². The monoisotopic (exact) mass is 180 g/mol. The van der Waals surface area contributed by atoms with Gasteiger partial charge in [-0.3, -0.25) is 0 Å². The van der Waals surface area contributed by atoms with Gasteiger partial charge < -0.3 is 29.9 Å². The van der Waals surface area contributed by atoms with Crippen molar-refractivity contribution in [2.75, 3.05) is 6.61 Å². The summed E-state index contributed by atoms with van der Waals surface area (Å²) < 4.78 is 0. The molecule has 0 radical (unpaired) electrons. The maximum atomic E-state index is 7.57. The SMILES string of the molecule is CCO.[Cl-].[Cl-].[Zn+2]. The largest absolute Gasteiger partial charge is 2.00 e. The van der Waals surface area contributed by atoms with E-state index in [1.165, 1.54) is 0 Å². The van der Waals surface area contributed by atoms with Crippen LogP contribution in [0.1, 0.15) is 6.92 Å². The number of halogens is 2. The van der Waals surface area contributed by atoms with Crippen LogP contribution in [-0.2, 0) is 19.5 Å². The Morgan fingerprint density at radius 2 is 1.33 bits per heavy atom. The molecule has 0 saturated heterocycles. The first-order valence-electron chi connectivity index (χ1n) is 1.02. The smallest absolute Gasteiger partial charge is 1.00 e.